The fourth-order valence-corrected chi connectivity index (χ4v) is 2.85. The minimum atomic E-state index is -0.147. The van der Waals surface area contributed by atoms with Gasteiger partial charge in [-0.25, -0.2) is 4.98 Å². The normalized spacial score (nSPS) is 20.7. The van der Waals surface area contributed by atoms with Crippen LogP contribution in [-0.4, -0.2) is 4.98 Å². The Bertz CT molecular complexity index is 319. The molecule has 2 rings (SSSR count). The highest BCUT2D eigenvalue weighted by molar-refractivity contribution is 9.10. The first-order valence-electron chi connectivity index (χ1n) is 5.12. The van der Waals surface area contributed by atoms with Crippen molar-refractivity contribution in [1.29, 1.82) is 0 Å². The number of aromatic nitrogens is 1. The fourth-order valence-electron chi connectivity index (χ4n) is 2.21. The molecule has 76 valence electrons. The molecule has 1 aliphatic carbocycles. The van der Waals surface area contributed by atoms with E-state index in [0.717, 1.165) is 17.4 Å². The second kappa shape index (κ2) is 3.99. The molecule has 2 nitrogen and oxygen atoms in total. The summed E-state index contributed by atoms with van der Waals surface area (Å²) in [6, 6.07) is 4.05. The van der Waals surface area contributed by atoms with Gasteiger partial charge in [-0.1, -0.05) is 25.3 Å². The van der Waals surface area contributed by atoms with E-state index < -0.39 is 0 Å². The third kappa shape index (κ3) is 1.84. The number of nitrogens with two attached hydrogens (primary N) is 1. The Morgan fingerprint density at radius 2 is 2.00 bits per heavy atom. The molecule has 0 aromatic carbocycles. The lowest BCUT2D eigenvalue weighted by molar-refractivity contribution is 0.300. The van der Waals surface area contributed by atoms with Crippen molar-refractivity contribution in [3.05, 3.63) is 28.5 Å². The van der Waals surface area contributed by atoms with Crippen molar-refractivity contribution in [1.82, 2.24) is 4.98 Å². The van der Waals surface area contributed by atoms with Crippen molar-refractivity contribution in [2.75, 3.05) is 0 Å². The lowest BCUT2D eigenvalue weighted by atomic mass is 9.78. The largest absolute Gasteiger partial charge is 0.321 e. The van der Waals surface area contributed by atoms with Gasteiger partial charge in [-0.15, -0.1) is 0 Å². The monoisotopic (exact) mass is 254 g/mol. The third-order valence-electron chi connectivity index (χ3n) is 3.04. The van der Waals surface area contributed by atoms with Crippen LogP contribution in [0.15, 0.2) is 22.9 Å². The van der Waals surface area contributed by atoms with Gasteiger partial charge >= 0.3 is 0 Å². The highest BCUT2D eigenvalue weighted by Gasteiger charge is 2.31. The molecule has 1 saturated carbocycles. The summed E-state index contributed by atoms with van der Waals surface area (Å²) in [5.41, 5.74) is 7.43. The van der Waals surface area contributed by atoms with Gasteiger partial charge in [0.2, 0.25) is 0 Å². The number of rotatable bonds is 1. The van der Waals surface area contributed by atoms with Gasteiger partial charge in [-0.3, -0.25) is 0 Å². The van der Waals surface area contributed by atoms with Gasteiger partial charge in [0.1, 0.15) is 4.60 Å². The van der Waals surface area contributed by atoms with Gasteiger partial charge in [0.15, 0.2) is 0 Å². The number of hydrogen-bond donors (Lipinski definition) is 1. The number of hydrogen-bond acceptors (Lipinski definition) is 2. The minimum absolute atomic E-state index is 0.147. The Hall–Kier alpha value is -0.410. The van der Waals surface area contributed by atoms with Gasteiger partial charge in [-0.05, 0) is 34.8 Å². The Morgan fingerprint density at radius 3 is 2.64 bits per heavy atom. The molecule has 0 unspecified atom stereocenters. The molecule has 14 heavy (non-hydrogen) atoms. The molecule has 2 N–H and O–H groups in total. The Balaban J connectivity index is 2.32. The molecule has 0 atom stereocenters. The average molecular weight is 255 g/mol. The van der Waals surface area contributed by atoms with Crippen molar-refractivity contribution < 1.29 is 0 Å². The Kier molecular flexibility index (Phi) is 2.88. The molecular weight excluding hydrogens is 240 g/mol. The van der Waals surface area contributed by atoms with Crippen molar-refractivity contribution in [2.45, 2.75) is 37.6 Å². The predicted octanol–water partition coefficient (Wildman–Crippen LogP) is 2.96. The van der Waals surface area contributed by atoms with E-state index in [4.69, 9.17) is 5.73 Å². The van der Waals surface area contributed by atoms with E-state index >= 15 is 0 Å². The summed E-state index contributed by atoms with van der Waals surface area (Å²) in [5, 5.41) is 0. The van der Waals surface area contributed by atoms with Crippen LogP contribution in [-0.2, 0) is 5.54 Å². The van der Waals surface area contributed by atoms with Gasteiger partial charge < -0.3 is 5.73 Å². The number of pyridine rings is 1. The zero-order chi connectivity index (χ0) is 10.0. The summed E-state index contributed by atoms with van der Waals surface area (Å²) in [6.45, 7) is 0. The number of halogens is 1. The van der Waals surface area contributed by atoms with Gasteiger partial charge in [0.05, 0.1) is 0 Å². The van der Waals surface area contributed by atoms with Crippen LogP contribution in [0.2, 0.25) is 0 Å². The van der Waals surface area contributed by atoms with E-state index in [2.05, 4.69) is 27.0 Å². The maximum absolute atomic E-state index is 6.41. The van der Waals surface area contributed by atoms with Crippen molar-refractivity contribution in [3.63, 3.8) is 0 Å². The molecule has 0 saturated heterocycles. The van der Waals surface area contributed by atoms with Crippen molar-refractivity contribution in [3.8, 4) is 0 Å². The molecule has 1 aromatic rings. The fraction of sp³-hybridized carbons (Fsp3) is 0.545. The van der Waals surface area contributed by atoms with E-state index in [1.54, 1.807) is 6.20 Å². The molecule has 0 amide bonds. The van der Waals surface area contributed by atoms with Gasteiger partial charge in [0.25, 0.3) is 0 Å². The molecule has 0 bridgehead atoms. The second-order valence-electron chi connectivity index (χ2n) is 4.06. The quantitative estimate of drug-likeness (QED) is 0.783. The zero-order valence-electron chi connectivity index (χ0n) is 8.17. The highest BCUT2D eigenvalue weighted by Crippen LogP contribution is 2.37. The molecule has 1 aliphatic rings. The zero-order valence-corrected chi connectivity index (χ0v) is 9.76. The standard InChI is InChI=1S/C11H15BrN2/c12-10-9(5-4-8-14-10)11(13)6-2-1-3-7-11/h4-5,8H,1-3,6-7,13H2. The first-order valence-corrected chi connectivity index (χ1v) is 5.91. The maximum atomic E-state index is 6.41. The minimum Gasteiger partial charge on any atom is -0.321 e. The molecule has 1 heterocycles. The van der Waals surface area contributed by atoms with E-state index in [1.165, 1.54) is 24.8 Å². The molecule has 1 fully saturated rings. The Labute approximate surface area is 93.0 Å². The van der Waals surface area contributed by atoms with Crippen LogP contribution < -0.4 is 5.73 Å². The lowest BCUT2D eigenvalue weighted by Gasteiger charge is -2.34. The van der Waals surface area contributed by atoms with E-state index in [1.807, 2.05) is 6.07 Å². The third-order valence-corrected chi connectivity index (χ3v) is 3.67. The SMILES string of the molecule is NC1(c2cccnc2Br)CCCCC1. The molecule has 0 aliphatic heterocycles. The summed E-state index contributed by atoms with van der Waals surface area (Å²) < 4.78 is 0.907. The predicted molar refractivity (Wildman–Crippen MR) is 60.9 cm³/mol. The smallest absolute Gasteiger partial charge is 0.111 e. The van der Waals surface area contributed by atoms with E-state index in [0.29, 0.717) is 0 Å². The molecule has 3 heteroatoms. The second-order valence-corrected chi connectivity index (χ2v) is 4.81. The summed E-state index contributed by atoms with van der Waals surface area (Å²) in [6.07, 6.45) is 7.74. The van der Waals surface area contributed by atoms with Crippen LogP contribution >= 0.6 is 15.9 Å². The molecule has 0 spiro atoms. The van der Waals surface area contributed by atoms with Crippen LogP contribution in [0.5, 0.6) is 0 Å². The molecule has 1 aromatic heterocycles. The van der Waals surface area contributed by atoms with Crippen LogP contribution in [0.3, 0.4) is 0 Å². The van der Waals surface area contributed by atoms with Crippen molar-refractivity contribution >= 4 is 15.9 Å². The van der Waals surface area contributed by atoms with Crippen LogP contribution in [0, 0.1) is 0 Å². The average Bonchev–Trinajstić information content (AvgIpc) is 2.19. The first-order chi connectivity index (χ1) is 6.72. The lowest BCUT2D eigenvalue weighted by Crippen LogP contribution is -2.39. The topological polar surface area (TPSA) is 38.9 Å². The highest BCUT2D eigenvalue weighted by atomic mass is 79.9. The molecular formula is C11H15BrN2. The van der Waals surface area contributed by atoms with Crippen LogP contribution in [0.1, 0.15) is 37.7 Å². The maximum Gasteiger partial charge on any atom is 0.111 e. The summed E-state index contributed by atoms with van der Waals surface area (Å²) in [5.74, 6) is 0. The van der Waals surface area contributed by atoms with Gasteiger partial charge in [-0.2, -0.15) is 0 Å². The summed E-state index contributed by atoms with van der Waals surface area (Å²) >= 11 is 3.48. The van der Waals surface area contributed by atoms with Crippen LogP contribution in [0.25, 0.3) is 0 Å². The summed E-state index contributed by atoms with van der Waals surface area (Å²) in [7, 11) is 0. The Morgan fingerprint density at radius 1 is 1.29 bits per heavy atom. The van der Waals surface area contributed by atoms with Crippen LogP contribution in [0.4, 0.5) is 0 Å². The first kappa shape index (κ1) is 10.1. The van der Waals surface area contributed by atoms with E-state index in [-0.39, 0.29) is 5.54 Å². The van der Waals surface area contributed by atoms with E-state index in [9.17, 15) is 0 Å². The summed E-state index contributed by atoms with van der Waals surface area (Å²) in [4.78, 5) is 4.24. The number of nitrogens with zero attached hydrogens (tertiary/aromatic N) is 1. The van der Waals surface area contributed by atoms with Crippen molar-refractivity contribution in [2.24, 2.45) is 5.73 Å². The molecule has 0 radical (unpaired) electrons. The van der Waals surface area contributed by atoms with Gasteiger partial charge in [0, 0.05) is 17.3 Å².